The van der Waals surface area contributed by atoms with Gasteiger partial charge in [0.2, 0.25) is 5.90 Å². The molecule has 0 saturated carbocycles. The molecule has 26 heavy (non-hydrogen) atoms. The molecule has 8 heteroatoms. The van der Waals surface area contributed by atoms with E-state index in [1.165, 1.54) is 0 Å². The predicted molar refractivity (Wildman–Crippen MR) is 96.8 cm³/mol. The molecule has 0 aliphatic carbocycles. The minimum atomic E-state index is -0.994. The summed E-state index contributed by atoms with van der Waals surface area (Å²) in [7, 11) is 0. The average molecular weight is 355 g/mol. The molecule has 0 radical (unpaired) electrons. The number of aliphatic hydroxyl groups is 2. The number of pyridine rings is 1. The van der Waals surface area contributed by atoms with Crippen molar-refractivity contribution >= 4 is 17.5 Å². The van der Waals surface area contributed by atoms with Crippen LogP contribution >= 0.6 is 0 Å². The quantitative estimate of drug-likeness (QED) is 0.867. The van der Waals surface area contributed by atoms with Crippen molar-refractivity contribution in [3.05, 3.63) is 30.2 Å². The molecule has 4 heterocycles. The summed E-state index contributed by atoms with van der Waals surface area (Å²) in [4.78, 5) is 19.5. The van der Waals surface area contributed by atoms with E-state index >= 15 is 0 Å². The van der Waals surface area contributed by atoms with Crippen LogP contribution in [0.1, 0.15) is 26.0 Å². The maximum atomic E-state index is 10.0. The summed E-state index contributed by atoms with van der Waals surface area (Å²) in [6.45, 7) is 4.98. The number of fused-ring (bicyclic) bond motifs is 1. The number of aromatic nitrogens is 3. The SMILES string of the molecule is CC(C)(O)c1ccc(-c2cnc3c(n2)N(C2CCOC2)CC(O)=N3)cn1. The molecule has 0 amide bonds. The summed E-state index contributed by atoms with van der Waals surface area (Å²) < 4.78 is 5.48. The van der Waals surface area contributed by atoms with E-state index in [0.29, 0.717) is 42.8 Å². The summed E-state index contributed by atoms with van der Waals surface area (Å²) in [6.07, 6.45) is 4.17. The Balaban J connectivity index is 1.70. The molecule has 2 aliphatic rings. The first-order chi connectivity index (χ1) is 12.4. The molecule has 4 rings (SSSR count). The zero-order chi connectivity index (χ0) is 18.3. The van der Waals surface area contributed by atoms with Crippen LogP contribution in [0.3, 0.4) is 0 Å². The number of hydrogen-bond acceptors (Lipinski definition) is 7. The third-order valence-electron chi connectivity index (χ3n) is 4.59. The van der Waals surface area contributed by atoms with Crippen molar-refractivity contribution in [3.63, 3.8) is 0 Å². The van der Waals surface area contributed by atoms with E-state index in [1.807, 2.05) is 11.0 Å². The second-order valence-electron chi connectivity index (χ2n) is 7.07. The number of anilines is 1. The molecule has 0 bridgehead atoms. The zero-order valence-electron chi connectivity index (χ0n) is 14.8. The van der Waals surface area contributed by atoms with Crippen molar-refractivity contribution in [2.45, 2.75) is 31.9 Å². The lowest BCUT2D eigenvalue weighted by molar-refractivity contribution is 0.0739. The van der Waals surface area contributed by atoms with E-state index in [0.717, 1.165) is 12.0 Å². The van der Waals surface area contributed by atoms with Gasteiger partial charge in [-0.3, -0.25) is 4.98 Å². The first kappa shape index (κ1) is 16.9. The molecule has 136 valence electrons. The van der Waals surface area contributed by atoms with E-state index in [-0.39, 0.29) is 11.9 Å². The van der Waals surface area contributed by atoms with Gasteiger partial charge in [0.1, 0.15) is 5.60 Å². The van der Waals surface area contributed by atoms with E-state index < -0.39 is 5.60 Å². The molecule has 1 atom stereocenters. The van der Waals surface area contributed by atoms with Gasteiger partial charge in [0.15, 0.2) is 11.6 Å². The van der Waals surface area contributed by atoms with Crippen LogP contribution in [0.4, 0.5) is 11.6 Å². The number of ether oxygens (including phenoxy) is 1. The number of rotatable bonds is 3. The van der Waals surface area contributed by atoms with Crippen molar-refractivity contribution in [1.82, 2.24) is 15.0 Å². The van der Waals surface area contributed by atoms with Gasteiger partial charge in [-0.2, -0.15) is 4.99 Å². The molecular formula is C18H21N5O3. The Morgan fingerprint density at radius 1 is 1.23 bits per heavy atom. The molecule has 2 aromatic heterocycles. The van der Waals surface area contributed by atoms with Crippen LogP contribution in [0.5, 0.6) is 0 Å². The Morgan fingerprint density at radius 3 is 2.73 bits per heavy atom. The van der Waals surface area contributed by atoms with Gasteiger partial charge >= 0.3 is 0 Å². The Bertz CT molecular complexity index is 839. The molecule has 0 aromatic carbocycles. The Labute approximate surface area is 151 Å². The standard InChI is InChI=1S/C18H21N5O3/c1-18(2,25)14-4-3-11(7-19-14)13-8-20-16-17(21-13)23(9-15(24)22-16)12-5-6-26-10-12/h3-4,7-8,12,25H,5-6,9-10H2,1-2H3,(H,20,22,24). The van der Waals surface area contributed by atoms with Gasteiger partial charge in [-0.25, -0.2) is 9.97 Å². The second kappa shape index (κ2) is 6.30. The van der Waals surface area contributed by atoms with Crippen LogP contribution in [0, 0.1) is 0 Å². The van der Waals surface area contributed by atoms with Crippen molar-refractivity contribution in [2.75, 3.05) is 24.7 Å². The molecule has 2 N–H and O–H groups in total. The Hall–Kier alpha value is -2.58. The summed E-state index contributed by atoms with van der Waals surface area (Å²) in [5.74, 6) is 1.08. The molecular weight excluding hydrogens is 334 g/mol. The highest BCUT2D eigenvalue weighted by atomic mass is 16.5. The molecule has 1 saturated heterocycles. The van der Waals surface area contributed by atoms with Gasteiger partial charge in [0.25, 0.3) is 0 Å². The average Bonchev–Trinajstić information content (AvgIpc) is 3.14. The maximum absolute atomic E-state index is 10.0. The molecule has 2 aromatic rings. The monoisotopic (exact) mass is 355 g/mol. The lowest BCUT2D eigenvalue weighted by atomic mass is 10.0. The topological polar surface area (TPSA) is 104 Å². The third kappa shape index (κ3) is 3.13. The fraction of sp³-hybridized carbons (Fsp3) is 0.444. The van der Waals surface area contributed by atoms with Crippen LogP contribution in [0.25, 0.3) is 11.3 Å². The minimum Gasteiger partial charge on any atom is -0.495 e. The smallest absolute Gasteiger partial charge is 0.207 e. The highest BCUT2D eigenvalue weighted by Crippen LogP contribution is 2.33. The van der Waals surface area contributed by atoms with Gasteiger partial charge in [-0.05, 0) is 32.4 Å². The van der Waals surface area contributed by atoms with E-state index in [9.17, 15) is 10.2 Å². The van der Waals surface area contributed by atoms with Crippen LogP contribution < -0.4 is 4.90 Å². The lowest BCUT2D eigenvalue weighted by Gasteiger charge is -2.31. The third-order valence-corrected chi connectivity index (χ3v) is 4.59. The number of hydrogen-bond donors (Lipinski definition) is 2. The van der Waals surface area contributed by atoms with Crippen LogP contribution in [0.2, 0.25) is 0 Å². The largest absolute Gasteiger partial charge is 0.495 e. The molecule has 8 nitrogen and oxygen atoms in total. The highest BCUT2D eigenvalue weighted by Gasteiger charge is 2.31. The highest BCUT2D eigenvalue weighted by molar-refractivity contribution is 5.87. The van der Waals surface area contributed by atoms with Crippen LogP contribution in [0.15, 0.2) is 29.5 Å². The normalized spacial score (nSPS) is 20.0. The Kier molecular flexibility index (Phi) is 4.08. The summed E-state index contributed by atoms with van der Waals surface area (Å²) in [5.41, 5.74) is 1.06. The molecule has 1 unspecified atom stereocenters. The summed E-state index contributed by atoms with van der Waals surface area (Å²) >= 11 is 0. The van der Waals surface area contributed by atoms with E-state index in [4.69, 9.17) is 9.72 Å². The summed E-state index contributed by atoms with van der Waals surface area (Å²) in [5, 5.41) is 20.0. The van der Waals surface area contributed by atoms with Crippen molar-refractivity contribution in [3.8, 4) is 11.3 Å². The number of nitrogens with zero attached hydrogens (tertiary/aromatic N) is 5. The maximum Gasteiger partial charge on any atom is 0.207 e. The fourth-order valence-corrected chi connectivity index (χ4v) is 3.15. The Morgan fingerprint density at radius 2 is 2.08 bits per heavy atom. The van der Waals surface area contributed by atoms with E-state index in [1.54, 1.807) is 32.3 Å². The lowest BCUT2D eigenvalue weighted by Crippen LogP contribution is -2.42. The predicted octanol–water partition coefficient (Wildman–Crippen LogP) is 1.96. The molecule has 1 fully saturated rings. The number of aliphatic imine (C=N–C) groups is 1. The zero-order valence-corrected chi connectivity index (χ0v) is 14.8. The van der Waals surface area contributed by atoms with Crippen LogP contribution in [-0.4, -0.2) is 56.9 Å². The first-order valence-corrected chi connectivity index (χ1v) is 8.59. The van der Waals surface area contributed by atoms with Gasteiger partial charge in [-0.15, -0.1) is 0 Å². The minimum absolute atomic E-state index is 0.0302. The van der Waals surface area contributed by atoms with Gasteiger partial charge in [0.05, 0.1) is 36.8 Å². The van der Waals surface area contributed by atoms with Crippen molar-refractivity contribution in [1.29, 1.82) is 0 Å². The number of aliphatic hydroxyl groups excluding tert-OH is 1. The first-order valence-electron chi connectivity index (χ1n) is 8.59. The second-order valence-corrected chi connectivity index (χ2v) is 7.07. The fourth-order valence-electron chi connectivity index (χ4n) is 3.15. The van der Waals surface area contributed by atoms with Crippen molar-refractivity contribution in [2.24, 2.45) is 4.99 Å². The van der Waals surface area contributed by atoms with Gasteiger partial charge < -0.3 is 19.8 Å². The van der Waals surface area contributed by atoms with E-state index in [2.05, 4.69) is 15.0 Å². The molecule has 2 aliphatic heterocycles. The van der Waals surface area contributed by atoms with Crippen LogP contribution in [-0.2, 0) is 10.3 Å². The van der Waals surface area contributed by atoms with Gasteiger partial charge in [-0.1, -0.05) is 0 Å². The van der Waals surface area contributed by atoms with Crippen molar-refractivity contribution < 1.29 is 14.9 Å². The van der Waals surface area contributed by atoms with Gasteiger partial charge in [0, 0.05) is 18.4 Å². The summed E-state index contributed by atoms with van der Waals surface area (Å²) in [6, 6.07) is 3.79. The molecule has 0 spiro atoms.